The molecule has 4 rings (SSSR count). The summed E-state index contributed by atoms with van der Waals surface area (Å²) < 4.78 is 6.32. The monoisotopic (exact) mass is 342 g/mol. The lowest BCUT2D eigenvalue weighted by molar-refractivity contribution is 0.398. The van der Waals surface area contributed by atoms with Gasteiger partial charge in [-0.15, -0.1) is 0 Å². The highest BCUT2D eigenvalue weighted by molar-refractivity contribution is 5.86. The van der Waals surface area contributed by atoms with Crippen LogP contribution in [0.3, 0.4) is 0 Å². The topological polar surface area (TPSA) is 112 Å². The smallest absolute Gasteiger partial charge is 0.330 e. The first kappa shape index (κ1) is 15.5. The molecule has 0 bridgehead atoms. The number of aromatic amines is 2. The van der Waals surface area contributed by atoms with E-state index in [4.69, 9.17) is 4.74 Å². The molecule has 4 N–H and O–H groups in total. The molecule has 0 fully saturated rings. The molecule has 0 spiro atoms. The molecule has 0 aliphatic carbocycles. The van der Waals surface area contributed by atoms with Crippen LogP contribution in [0, 0.1) is 0 Å². The van der Waals surface area contributed by atoms with Crippen molar-refractivity contribution in [3.05, 3.63) is 55.9 Å². The van der Waals surface area contributed by atoms with Crippen molar-refractivity contribution in [1.29, 1.82) is 0 Å². The third kappa shape index (κ3) is 2.25. The van der Waals surface area contributed by atoms with Crippen molar-refractivity contribution < 1.29 is 9.84 Å². The fourth-order valence-electron chi connectivity index (χ4n) is 3.47. The standard InChI is InChI=1S/C17H18N4O4/c1-21-16(23)12(15(22)20-17(21)24)14-13-9(5-6-18-14)10-7-8(25-2)3-4-11(10)19-13/h3-4,7,14,18-19,23H,5-6H2,1-2H3,(H,20,22,24)/t14-/m1/s1. The maximum absolute atomic E-state index is 12.3. The zero-order valence-electron chi connectivity index (χ0n) is 13.8. The average Bonchev–Trinajstić information content (AvgIpc) is 2.98. The molecule has 3 heterocycles. The van der Waals surface area contributed by atoms with Gasteiger partial charge in [0.15, 0.2) is 0 Å². The molecule has 130 valence electrons. The number of methoxy groups -OCH3 is 1. The van der Waals surface area contributed by atoms with Crippen LogP contribution in [0.15, 0.2) is 27.8 Å². The highest BCUT2D eigenvalue weighted by Crippen LogP contribution is 2.35. The SMILES string of the molecule is COc1ccc2[nH]c3c(c2c1)CCN[C@@H]3c1c(O)n(C)c(=O)[nH]c1=O. The van der Waals surface area contributed by atoms with Gasteiger partial charge in [-0.05, 0) is 30.2 Å². The summed E-state index contributed by atoms with van der Waals surface area (Å²) in [6.07, 6.45) is 0.781. The Balaban J connectivity index is 1.96. The minimum absolute atomic E-state index is 0.126. The molecule has 2 aromatic heterocycles. The number of ether oxygens (including phenoxy) is 1. The summed E-state index contributed by atoms with van der Waals surface area (Å²) in [6, 6.07) is 5.22. The average molecular weight is 342 g/mol. The van der Waals surface area contributed by atoms with Crippen LogP contribution in [0.1, 0.15) is 22.9 Å². The van der Waals surface area contributed by atoms with Gasteiger partial charge in [-0.1, -0.05) is 0 Å². The van der Waals surface area contributed by atoms with E-state index in [0.717, 1.165) is 38.9 Å². The van der Waals surface area contributed by atoms with Crippen molar-refractivity contribution >= 4 is 10.9 Å². The minimum Gasteiger partial charge on any atom is -0.497 e. The normalized spacial score (nSPS) is 16.8. The minimum atomic E-state index is -0.649. The van der Waals surface area contributed by atoms with Crippen LogP contribution in [-0.2, 0) is 13.5 Å². The predicted molar refractivity (Wildman–Crippen MR) is 92.4 cm³/mol. The maximum Gasteiger partial charge on any atom is 0.330 e. The first-order chi connectivity index (χ1) is 12.0. The van der Waals surface area contributed by atoms with Crippen molar-refractivity contribution in [1.82, 2.24) is 19.9 Å². The second-order valence-corrected chi connectivity index (χ2v) is 6.12. The van der Waals surface area contributed by atoms with E-state index < -0.39 is 17.3 Å². The highest BCUT2D eigenvalue weighted by Gasteiger charge is 2.30. The lowest BCUT2D eigenvalue weighted by Gasteiger charge is -2.25. The number of benzene rings is 1. The molecule has 8 heteroatoms. The molecule has 0 radical (unpaired) electrons. The third-order valence-corrected chi connectivity index (χ3v) is 4.78. The van der Waals surface area contributed by atoms with Crippen LogP contribution in [0.5, 0.6) is 11.6 Å². The molecule has 1 aromatic carbocycles. The molecular weight excluding hydrogens is 324 g/mol. The second-order valence-electron chi connectivity index (χ2n) is 6.12. The number of nitrogens with one attached hydrogen (secondary N) is 3. The van der Waals surface area contributed by atoms with E-state index in [2.05, 4.69) is 15.3 Å². The molecule has 3 aromatic rings. The largest absolute Gasteiger partial charge is 0.497 e. The Labute approximate surface area is 142 Å². The fraction of sp³-hybridized carbons (Fsp3) is 0.294. The Hall–Kier alpha value is -3.00. The third-order valence-electron chi connectivity index (χ3n) is 4.78. The van der Waals surface area contributed by atoms with Crippen molar-refractivity contribution in [3.63, 3.8) is 0 Å². The Bertz CT molecular complexity index is 1090. The zero-order chi connectivity index (χ0) is 17.7. The lowest BCUT2D eigenvalue weighted by Crippen LogP contribution is -2.38. The zero-order valence-corrected chi connectivity index (χ0v) is 13.8. The molecule has 0 saturated heterocycles. The number of hydrogen-bond donors (Lipinski definition) is 4. The summed E-state index contributed by atoms with van der Waals surface area (Å²) in [4.78, 5) is 29.6. The van der Waals surface area contributed by atoms with Gasteiger partial charge < -0.3 is 20.1 Å². The Kier molecular flexibility index (Phi) is 3.43. The summed E-state index contributed by atoms with van der Waals surface area (Å²) >= 11 is 0. The van der Waals surface area contributed by atoms with Gasteiger partial charge in [0, 0.05) is 30.2 Å². The summed E-state index contributed by atoms with van der Waals surface area (Å²) in [5.41, 5.74) is 1.70. The number of rotatable bonds is 2. The molecular formula is C17H18N4O4. The van der Waals surface area contributed by atoms with Crippen LogP contribution in [-0.4, -0.2) is 33.3 Å². The fourth-order valence-corrected chi connectivity index (χ4v) is 3.47. The molecule has 8 nitrogen and oxygen atoms in total. The second kappa shape index (κ2) is 5.52. The van der Waals surface area contributed by atoms with E-state index in [1.165, 1.54) is 7.05 Å². The van der Waals surface area contributed by atoms with E-state index >= 15 is 0 Å². The highest BCUT2D eigenvalue weighted by atomic mass is 16.5. The van der Waals surface area contributed by atoms with Crippen molar-refractivity contribution in [3.8, 4) is 11.6 Å². The Morgan fingerprint density at radius 2 is 2.08 bits per heavy atom. The molecule has 25 heavy (non-hydrogen) atoms. The quantitative estimate of drug-likeness (QED) is 0.542. The van der Waals surface area contributed by atoms with Crippen molar-refractivity contribution in [2.24, 2.45) is 7.05 Å². The number of fused-ring (bicyclic) bond motifs is 3. The van der Waals surface area contributed by atoms with Crippen LogP contribution in [0.4, 0.5) is 0 Å². The first-order valence-corrected chi connectivity index (χ1v) is 7.95. The van der Waals surface area contributed by atoms with Gasteiger partial charge in [0.25, 0.3) is 5.56 Å². The summed E-state index contributed by atoms with van der Waals surface area (Å²) in [6.45, 7) is 0.642. The van der Waals surface area contributed by atoms with E-state index in [1.807, 2.05) is 18.2 Å². The van der Waals surface area contributed by atoms with Gasteiger partial charge in [0.2, 0.25) is 5.88 Å². The molecule has 1 aliphatic rings. The predicted octanol–water partition coefficient (Wildman–Crippen LogP) is 0.504. The molecule has 1 atom stereocenters. The van der Waals surface area contributed by atoms with E-state index in [0.29, 0.717) is 6.54 Å². The van der Waals surface area contributed by atoms with Crippen LogP contribution in [0.2, 0.25) is 0 Å². The summed E-state index contributed by atoms with van der Waals surface area (Å²) in [5.74, 6) is 0.419. The van der Waals surface area contributed by atoms with E-state index in [9.17, 15) is 14.7 Å². The molecule has 0 amide bonds. The molecule has 1 aliphatic heterocycles. The van der Waals surface area contributed by atoms with Crippen LogP contribution >= 0.6 is 0 Å². The van der Waals surface area contributed by atoms with Crippen LogP contribution in [0.25, 0.3) is 10.9 Å². The number of nitrogens with zero attached hydrogens (tertiary/aromatic N) is 1. The van der Waals surface area contributed by atoms with Crippen molar-refractivity contribution in [2.45, 2.75) is 12.5 Å². The number of H-pyrrole nitrogens is 2. The van der Waals surface area contributed by atoms with Gasteiger partial charge in [0.1, 0.15) is 11.3 Å². The van der Waals surface area contributed by atoms with Gasteiger partial charge in [-0.2, -0.15) is 0 Å². The number of aromatic nitrogens is 3. The van der Waals surface area contributed by atoms with Crippen LogP contribution < -0.4 is 21.3 Å². The van der Waals surface area contributed by atoms with E-state index in [1.54, 1.807) is 7.11 Å². The summed E-state index contributed by atoms with van der Waals surface area (Å²) in [5, 5.41) is 14.6. The maximum atomic E-state index is 12.3. The summed E-state index contributed by atoms with van der Waals surface area (Å²) in [7, 11) is 3.03. The Morgan fingerprint density at radius 3 is 2.84 bits per heavy atom. The lowest BCUT2D eigenvalue weighted by atomic mass is 9.95. The number of aromatic hydroxyl groups is 1. The van der Waals surface area contributed by atoms with Gasteiger partial charge in [-0.3, -0.25) is 14.3 Å². The van der Waals surface area contributed by atoms with Gasteiger partial charge in [0.05, 0.1) is 13.2 Å². The van der Waals surface area contributed by atoms with E-state index in [-0.39, 0.29) is 11.4 Å². The molecule has 0 saturated carbocycles. The molecule has 0 unspecified atom stereocenters. The first-order valence-electron chi connectivity index (χ1n) is 7.95. The Morgan fingerprint density at radius 1 is 1.28 bits per heavy atom. The van der Waals surface area contributed by atoms with Gasteiger partial charge >= 0.3 is 5.69 Å². The van der Waals surface area contributed by atoms with Gasteiger partial charge in [-0.25, -0.2) is 4.79 Å². The van der Waals surface area contributed by atoms with Crippen molar-refractivity contribution in [2.75, 3.05) is 13.7 Å². The number of hydrogen-bond acceptors (Lipinski definition) is 5.